The summed E-state index contributed by atoms with van der Waals surface area (Å²) in [5.74, 6) is 0. The van der Waals surface area contributed by atoms with Crippen LogP contribution in [0.2, 0.25) is 0 Å². The predicted octanol–water partition coefficient (Wildman–Crippen LogP) is 4.71. The summed E-state index contributed by atoms with van der Waals surface area (Å²) in [5.41, 5.74) is 2.78. The Morgan fingerprint density at radius 3 is 3.00 bits per heavy atom. The van der Waals surface area contributed by atoms with E-state index in [4.69, 9.17) is 0 Å². The number of hydrogen-bond donors (Lipinski definition) is 0. The minimum Gasteiger partial charge on any atom is -0.143 e. The molecule has 0 amide bonds. The van der Waals surface area contributed by atoms with Crippen molar-refractivity contribution < 1.29 is 0 Å². The highest BCUT2D eigenvalue weighted by molar-refractivity contribution is 14.1. The second kappa shape index (κ2) is 3.87. The lowest BCUT2D eigenvalue weighted by molar-refractivity contribution is 1.39. The Labute approximate surface area is 104 Å². The molecule has 2 aromatic rings. The fraction of sp³-hybridized carbons (Fsp3) is 0.200. The largest absolute Gasteiger partial charge is 0.143 e. The van der Waals surface area contributed by atoms with Crippen molar-refractivity contribution in [1.29, 1.82) is 0 Å². The molecule has 0 saturated carbocycles. The maximum Gasteiger partial charge on any atom is 0.0481 e. The normalized spacial score (nSPS) is 11.0. The SMILES string of the molecule is Cc1cc(CBr)c(I)c2sccc12. The minimum absolute atomic E-state index is 0.944. The van der Waals surface area contributed by atoms with E-state index >= 15 is 0 Å². The van der Waals surface area contributed by atoms with Gasteiger partial charge in [-0.3, -0.25) is 0 Å². The van der Waals surface area contributed by atoms with Crippen molar-refractivity contribution in [2.75, 3.05) is 0 Å². The average Bonchev–Trinajstić information content (AvgIpc) is 2.60. The summed E-state index contributed by atoms with van der Waals surface area (Å²) in [4.78, 5) is 0. The van der Waals surface area contributed by atoms with E-state index in [0.29, 0.717) is 0 Å². The van der Waals surface area contributed by atoms with Crippen molar-refractivity contribution >= 4 is 59.9 Å². The first-order valence-corrected chi connectivity index (χ1v) is 7.03. The van der Waals surface area contributed by atoms with Crippen LogP contribution in [0, 0.1) is 10.5 Å². The molecule has 1 aromatic carbocycles. The molecule has 1 aromatic heterocycles. The van der Waals surface area contributed by atoms with Gasteiger partial charge in [-0.1, -0.05) is 22.0 Å². The first-order chi connectivity index (χ1) is 6.24. The zero-order valence-corrected chi connectivity index (χ0v) is 11.7. The molecule has 13 heavy (non-hydrogen) atoms. The van der Waals surface area contributed by atoms with Gasteiger partial charge in [0, 0.05) is 13.6 Å². The van der Waals surface area contributed by atoms with Crippen LogP contribution >= 0.6 is 49.9 Å². The summed E-state index contributed by atoms with van der Waals surface area (Å²) in [6.07, 6.45) is 0. The lowest BCUT2D eigenvalue weighted by Crippen LogP contribution is -1.86. The fourth-order valence-corrected chi connectivity index (χ4v) is 4.35. The highest BCUT2D eigenvalue weighted by Gasteiger charge is 2.07. The Morgan fingerprint density at radius 2 is 2.31 bits per heavy atom. The van der Waals surface area contributed by atoms with E-state index in [1.54, 1.807) is 0 Å². The van der Waals surface area contributed by atoms with Gasteiger partial charge in [0.2, 0.25) is 0 Å². The van der Waals surface area contributed by atoms with Crippen LogP contribution in [0.3, 0.4) is 0 Å². The van der Waals surface area contributed by atoms with Crippen molar-refractivity contribution in [3.05, 3.63) is 32.2 Å². The van der Waals surface area contributed by atoms with Crippen LogP contribution in [0.1, 0.15) is 11.1 Å². The van der Waals surface area contributed by atoms with Crippen LogP contribution in [0.5, 0.6) is 0 Å². The van der Waals surface area contributed by atoms with Gasteiger partial charge < -0.3 is 0 Å². The first-order valence-electron chi connectivity index (χ1n) is 3.95. The maximum atomic E-state index is 3.52. The van der Waals surface area contributed by atoms with Gasteiger partial charge in [0.1, 0.15) is 0 Å². The quantitative estimate of drug-likeness (QED) is 0.506. The lowest BCUT2D eigenvalue weighted by Gasteiger charge is -2.04. The van der Waals surface area contributed by atoms with Crippen LogP contribution in [0.15, 0.2) is 17.5 Å². The molecule has 0 spiro atoms. The molecule has 0 radical (unpaired) electrons. The molecule has 0 nitrogen and oxygen atoms in total. The van der Waals surface area contributed by atoms with E-state index in [1.165, 1.54) is 24.8 Å². The van der Waals surface area contributed by atoms with Crippen molar-refractivity contribution in [2.45, 2.75) is 12.3 Å². The van der Waals surface area contributed by atoms with Crippen molar-refractivity contribution in [3.63, 3.8) is 0 Å². The van der Waals surface area contributed by atoms with Crippen LogP contribution in [-0.4, -0.2) is 0 Å². The lowest BCUT2D eigenvalue weighted by atomic mass is 10.1. The Hall–Kier alpha value is 0.390. The maximum absolute atomic E-state index is 3.52. The Morgan fingerprint density at radius 1 is 1.54 bits per heavy atom. The molecule has 0 atom stereocenters. The number of alkyl halides is 1. The molecule has 2 rings (SSSR count). The monoisotopic (exact) mass is 366 g/mol. The predicted molar refractivity (Wildman–Crippen MR) is 71.9 cm³/mol. The fourth-order valence-electron chi connectivity index (χ4n) is 1.44. The van der Waals surface area contributed by atoms with E-state index in [-0.39, 0.29) is 0 Å². The zero-order valence-electron chi connectivity index (χ0n) is 7.10. The zero-order chi connectivity index (χ0) is 9.42. The number of aryl methyl sites for hydroxylation is 1. The molecule has 0 fully saturated rings. The summed E-state index contributed by atoms with van der Waals surface area (Å²) in [6.45, 7) is 2.18. The van der Waals surface area contributed by atoms with Gasteiger partial charge in [0.05, 0.1) is 0 Å². The minimum atomic E-state index is 0.944. The number of rotatable bonds is 1. The van der Waals surface area contributed by atoms with Crippen molar-refractivity contribution in [3.8, 4) is 0 Å². The van der Waals surface area contributed by atoms with Gasteiger partial charge in [0.15, 0.2) is 0 Å². The van der Waals surface area contributed by atoms with Gasteiger partial charge in [-0.2, -0.15) is 0 Å². The summed E-state index contributed by atoms with van der Waals surface area (Å²) in [7, 11) is 0. The molecule has 0 aliphatic rings. The van der Waals surface area contributed by atoms with Crippen LogP contribution < -0.4 is 0 Å². The molecule has 3 heteroatoms. The molecule has 0 aliphatic heterocycles. The van der Waals surface area contributed by atoms with Gasteiger partial charge in [-0.25, -0.2) is 0 Å². The second-order valence-electron chi connectivity index (χ2n) is 2.96. The van der Waals surface area contributed by atoms with E-state index in [1.807, 2.05) is 11.3 Å². The first kappa shape index (κ1) is 9.93. The van der Waals surface area contributed by atoms with Crippen molar-refractivity contribution in [2.24, 2.45) is 0 Å². The molecule has 0 N–H and O–H groups in total. The topological polar surface area (TPSA) is 0 Å². The third-order valence-electron chi connectivity index (χ3n) is 2.11. The van der Waals surface area contributed by atoms with Gasteiger partial charge >= 0.3 is 0 Å². The molecule has 0 aliphatic carbocycles. The molecule has 68 valence electrons. The highest BCUT2D eigenvalue weighted by atomic mass is 127. The number of hydrogen-bond acceptors (Lipinski definition) is 1. The summed E-state index contributed by atoms with van der Waals surface area (Å²) in [6, 6.07) is 4.47. The van der Waals surface area contributed by atoms with Crippen molar-refractivity contribution in [1.82, 2.24) is 0 Å². The van der Waals surface area contributed by atoms with Crippen LogP contribution in [-0.2, 0) is 5.33 Å². The van der Waals surface area contributed by atoms with Gasteiger partial charge in [-0.05, 0) is 57.5 Å². The van der Waals surface area contributed by atoms with Gasteiger partial charge in [0.25, 0.3) is 0 Å². The van der Waals surface area contributed by atoms with E-state index in [0.717, 1.165) is 5.33 Å². The molecule has 0 saturated heterocycles. The third kappa shape index (κ3) is 1.66. The van der Waals surface area contributed by atoms with Crippen LogP contribution in [0.4, 0.5) is 0 Å². The number of fused-ring (bicyclic) bond motifs is 1. The Kier molecular flexibility index (Phi) is 2.95. The standard InChI is InChI=1S/C10H8BrIS/c1-6-4-7(5-11)9(12)10-8(6)2-3-13-10/h2-4H,5H2,1H3. The van der Waals surface area contributed by atoms with E-state index in [2.05, 4.69) is 63.0 Å². The smallest absolute Gasteiger partial charge is 0.0481 e. The summed E-state index contributed by atoms with van der Waals surface area (Å²) in [5, 5.41) is 4.51. The molecule has 0 unspecified atom stereocenters. The third-order valence-corrected chi connectivity index (χ3v) is 5.24. The molecule has 1 heterocycles. The molecular formula is C10H8BrIS. The summed E-state index contributed by atoms with van der Waals surface area (Å²) < 4.78 is 2.82. The summed E-state index contributed by atoms with van der Waals surface area (Å²) >= 11 is 7.78. The van der Waals surface area contributed by atoms with E-state index < -0.39 is 0 Å². The van der Waals surface area contributed by atoms with E-state index in [9.17, 15) is 0 Å². The number of benzene rings is 1. The second-order valence-corrected chi connectivity index (χ2v) is 5.52. The Bertz CT molecular complexity index is 447. The number of halogens is 2. The molecular weight excluding hydrogens is 359 g/mol. The Balaban J connectivity index is 2.85. The van der Waals surface area contributed by atoms with Gasteiger partial charge in [-0.15, -0.1) is 11.3 Å². The highest BCUT2D eigenvalue weighted by Crippen LogP contribution is 2.32. The van der Waals surface area contributed by atoms with Crippen LogP contribution in [0.25, 0.3) is 10.1 Å². The average molecular weight is 367 g/mol. The number of thiophene rings is 1. The molecule has 0 bridgehead atoms.